The number of hydrogen-bond donors (Lipinski definition) is 1. The zero-order valence-corrected chi connectivity index (χ0v) is 16.1. The number of ether oxygens (including phenoxy) is 2. The standard InChI is InChI=1S/C22H24N2O4/c1-3-15-4-6-16(7-5-15)14(2)23-22(26)17-10-21(25)24(12-17)18-8-9-19-20(11-18)28-13-27-19/h4-9,11,14,17H,3,10,12-13H2,1-2H3,(H,23,26). The van der Waals surface area contributed by atoms with Gasteiger partial charge in [-0.3, -0.25) is 9.59 Å². The molecule has 2 unspecified atom stereocenters. The van der Waals surface area contributed by atoms with Gasteiger partial charge < -0.3 is 19.7 Å². The maximum absolute atomic E-state index is 12.7. The second-order valence-electron chi connectivity index (χ2n) is 7.27. The van der Waals surface area contributed by atoms with E-state index < -0.39 is 0 Å². The third-order valence-corrected chi connectivity index (χ3v) is 5.41. The molecular formula is C22H24N2O4. The van der Waals surface area contributed by atoms with E-state index >= 15 is 0 Å². The van der Waals surface area contributed by atoms with E-state index in [2.05, 4.69) is 24.4 Å². The Hall–Kier alpha value is -3.02. The molecule has 0 saturated carbocycles. The lowest BCUT2D eigenvalue weighted by molar-refractivity contribution is -0.126. The average Bonchev–Trinajstić information content (AvgIpc) is 3.33. The molecule has 2 heterocycles. The van der Waals surface area contributed by atoms with Crippen LogP contribution in [0.25, 0.3) is 0 Å². The minimum atomic E-state index is -0.365. The number of nitrogens with zero attached hydrogens (tertiary/aromatic N) is 1. The van der Waals surface area contributed by atoms with E-state index in [9.17, 15) is 9.59 Å². The summed E-state index contributed by atoms with van der Waals surface area (Å²) >= 11 is 0. The van der Waals surface area contributed by atoms with Crippen LogP contribution in [0.5, 0.6) is 11.5 Å². The van der Waals surface area contributed by atoms with Crippen molar-refractivity contribution in [2.24, 2.45) is 5.92 Å². The monoisotopic (exact) mass is 380 g/mol. The number of rotatable bonds is 5. The van der Waals surface area contributed by atoms with E-state index in [0.29, 0.717) is 18.0 Å². The maximum Gasteiger partial charge on any atom is 0.231 e. The molecule has 1 saturated heterocycles. The zero-order chi connectivity index (χ0) is 19.7. The number of benzene rings is 2. The van der Waals surface area contributed by atoms with Gasteiger partial charge in [0.1, 0.15) is 0 Å². The van der Waals surface area contributed by atoms with E-state index in [0.717, 1.165) is 17.7 Å². The second kappa shape index (κ2) is 7.54. The van der Waals surface area contributed by atoms with Crippen LogP contribution in [0.1, 0.15) is 37.4 Å². The van der Waals surface area contributed by atoms with Crippen molar-refractivity contribution in [3.05, 3.63) is 53.6 Å². The first-order chi connectivity index (χ1) is 13.5. The van der Waals surface area contributed by atoms with E-state index in [1.165, 1.54) is 5.56 Å². The lowest BCUT2D eigenvalue weighted by atomic mass is 10.0. The Labute approximate surface area is 164 Å². The summed E-state index contributed by atoms with van der Waals surface area (Å²) in [6, 6.07) is 13.6. The van der Waals surface area contributed by atoms with Crippen molar-refractivity contribution in [2.45, 2.75) is 32.7 Å². The summed E-state index contributed by atoms with van der Waals surface area (Å²) in [6.45, 7) is 4.63. The summed E-state index contributed by atoms with van der Waals surface area (Å²) < 4.78 is 10.7. The Kier molecular flexibility index (Phi) is 4.94. The predicted molar refractivity (Wildman–Crippen MR) is 105 cm³/mol. The van der Waals surface area contributed by atoms with Crippen LogP contribution in [0.3, 0.4) is 0 Å². The normalized spacial score (nSPS) is 19.0. The molecule has 1 fully saturated rings. The molecule has 0 spiro atoms. The molecule has 2 aliphatic rings. The zero-order valence-electron chi connectivity index (χ0n) is 16.1. The summed E-state index contributed by atoms with van der Waals surface area (Å²) in [5, 5.41) is 3.05. The molecule has 28 heavy (non-hydrogen) atoms. The fraction of sp³-hybridized carbons (Fsp3) is 0.364. The molecule has 6 nitrogen and oxygen atoms in total. The van der Waals surface area contributed by atoms with Gasteiger partial charge in [-0.05, 0) is 36.6 Å². The van der Waals surface area contributed by atoms with Gasteiger partial charge in [0.2, 0.25) is 18.6 Å². The first kappa shape index (κ1) is 18.3. The summed E-state index contributed by atoms with van der Waals surface area (Å²) in [4.78, 5) is 26.9. The van der Waals surface area contributed by atoms with Gasteiger partial charge >= 0.3 is 0 Å². The topological polar surface area (TPSA) is 67.9 Å². The SMILES string of the molecule is CCc1ccc(C(C)NC(=O)C2CC(=O)N(c3ccc4c(c3)OCO4)C2)cc1. The van der Waals surface area contributed by atoms with Crippen LogP contribution in [0, 0.1) is 5.92 Å². The van der Waals surface area contributed by atoms with Crippen molar-refractivity contribution in [1.29, 1.82) is 0 Å². The third-order valence-electron chi connectivity index (χ3n) is 5.41. The van der Waals surface area contributed by atoms with Crippen LogP contribution in [0.2, 0.25) is 0 Å². The fourth-order valence-electron chi connectivity index (χ4n) is 3.64. The Bertz CT molecular complexity index is 894. The number of hydrogen-bond acceptors (Lipinski definition) is 4. The third kappa shape index (κ3) is 3.54. The lowest BCUT2D eigenvalue weighted by Gasteiger charge is -2.19. The van der Waals surface area contributed by atoms with E-state index in [1.54, 1.807) is 17.0 Å². The molecule has 0 radical (unpaired) electrons. The molecular weight excluding hydrogens is 356 g/mol. The molecule has 0 bridgehead atoms. The van der Waals surface area contributed by atoms with Crippen LogP contribution in [0.15, 0.2) is 42.5 Å². The average molecular weight is 380 g/mol. The van der Waals surface area contributed by atoms with Gasteiger partial charge in [0, 0.05) is 24.7 Å². The Balaban J connectivity index is 1.41. The van der Waals surface area contributed by atoms with Crippen molar-refractivity contribution in [2.75, 3.05) is 18.2 Å². The van der Waals surface area contributed by atoms with E-state index in [4.69, 9.17) is 9.47 Å². The molecule has 2 aliphatic heterocycles. The highest BCUT2D eigenvalue weighted by molar-refractivity contribution is 6.00. The molecule has 0 aliphatic carbocycles. The Morgan fingerprint density at radius 3 is 2.68 bits per heavy atom. The van der Waals surface area contributed by atoms with Crippen LogP contribution in [-0.2, 0) is 16.0 Å². The quantitative estimate of drug-likeness (QED) is 0.865. The number of aryl methyl sites for hydroxylation is 1. The van der Waals surface area contributed by atoms with Gasteiger partial charge in [-0.1, -0.05) is 31.2 Å². The van der Waals surface area contributed by atoms with Crippen LogP contribution >= 0.6 is 0 Å². The number of nitrogens with one attached hydrogen (secondary N) is 1. The van der Waals surface area contributed by atoms with Gasteiger partial charge in [-0.25, -0.2) is 0 Å². The van der Waals surface area contributed by atoms with Crippen LogP contribution < -0.4 is 19.7 Å². The number of anilines is 1. The second-order valence-corrected chi connectivity index (χ2v) is 7.27. The Morgan fingerprint density at radius 1 is 1.18 bits per heavy atom. The van der Waals surface area contributed by atoms with Crippen LogP contribution in [0.4, 0.5) is 5.69 Å². The van der Waals surface area contributed by atoms with Crippen molar-refractivity contribution >= 4 is 17.5 Å². The summed E-state index contributed by atoms with van der Waals surface area (Å²) in [5.41, 5.74) is 3.05. The molecule has 146 valence electrons. The van der Waals surface area contributed by atoms with Crippen molar-refractivity contribution in [3.8, 4) is 11.5 Å². The van der Waals surface area contributed by atoms with Crippen LogP contribution in [-0.4, -0.2) is 25.2 Å². The molecule has 2 aromatic rings. The fourth-order valence-corrected chi connectivity index (χ4v) is 3.64. The van der Waals surface area contributed by atoms with Gasteiger partial charge in [0.05, 0.1) is 12.0 Å². The molecule has 2 atom stereocenters. The smallest absolute Gasteiger partial charge is 0.231 e. The highest BCUT2D eigenvalue weighted by Crippen LogP contribution is 2.37. The predicted octanol–water partition coefficient (Wildman–Crippen LogP) is 3.21. The summed E-state index contributed by atoms with van der Waals surface area (Å²) in [5.74, 6) is 0.785. The number of fused-ring (bicyclic) bond motifs is 1. The van der Waals surface area contributed by atoms with Gasteiger partial charge in [0.15, 0.2) is 11.5 Å². The molecule has 2 aromatic carbocycles. The highest BCUT2D eigenvalue weighted by atomic mass is 16.7. The molecule has 0 aromatic heterocycles. The number of amides is 2. The maximum atomic E-state index is 12.7. The molecule has 4 rings (SSSR count). The van der Waals surface area contributed by atoms with E-state index in [1.807, 2.05) is 25.1 Å². The van der Waals surface area contributed by atoms with Crippen molar-refractivity contribution in [3.63, 3.8) is 0 Å². The molecule has 2 amide bonds. The minimum absolute atomic E-state index is 0.0565. The Morgan fingerprint density at radius 2 is 1.93 bits per heavy atom. The van der Waals surface area contributed by atoms with E-state index in [-0.39, 0.29) is 37.0 Å². The highest BCUT2D eigenvalue weighted by Gasteiger charge is 2.36. The van der Waals surface area contributed by atoms with Gasteiger partial charge in [-0.15, -0.1) is 0 Å². The minimum Gasteiger partial charge on any atom is -0.454 e. The first-order valence-electron chi connectivity index (χ1n) is 9.64. The van der Waals surface area contributed by atoms with Gasteiger partial charge in [-0.2, -0.15) is 0 Å². The summed E-state index contributed by atoms with van der Waals surface area (Å²) in [7, 11) is 0. The molecule has 6 heteroatoms. The lowest BCUT2D eigenvalue weighted by Crippen LogP contribution is -2.34. The van der Waals surface area contributed by atoms with Crippen molar-refractivity contribution < 1.29 is 19.1 Å². The van der Waals surface area contributed by atoms with Gasteiger partial charge in [0.25, 0.3) is 0 Å². The van der Waals surface area contributed by atoms with Crippen molar-refractivity contribution in [1.82, 2.24) is 5.32 Å². The summed E-state index contributed by atoms with van der Waals surface area (Å²) in [6.07, 6.45) is 1.20. The first-order valence-corrected chi connectivity index (χ1v) is 9.64. The number of carbonyl (C=O) groups excluding carboxylic acids is 2. The molecule has 1 N–H and O–H groups in total. The number of carbonyl (C=O) groups is 2. The largest absolute Gasteiger partial charge is 0.454 e.